The van der Waals surface area contributed by atoms with Gasteiger partial charge >= 0.3 is 0 Å². The van der Waals surface area contributed by atoms with E-state index in [9.17, 15) is 4.79 Å². The number of benzene rings is 2. The molecule has 0 aliphatic heterocycles. The van der Waals surface area contributed by atoms with Crippen molar-refractivity contribution in [1.82, 2.24) is 0 Å². The smallest absolute Gasteiger partial charge is 0.197 e. The van der Waals surface area contributed by atoms with Crippen LogP contribution in [0.2, 0.25) is 0 Å². The molecule has 2 N–H and O–H groups in total. The average Bonchev–Trinajstić information content (AvgIpc) is 2.83. The van der Waals surface area contributed by atoms with Crippen molar-refractivity contribution in [2.45, 2.75) is 20.3 Å². The van der Waals surface area contributed by atoms with Crippen molar-refractivity contribution in [2.75, 3.05) is 5.73 Å². The summed E-state index contributed by atoms with van der Waals surface area (Å²) in [5, 5.41) is 0.861. The highest BCUT2D eigenvalue weighted by Gasteiger charge is 2.21. The Hall–Kier alpha value is -2.55. The van der Waals surface area contributed by atoms with Crippen LogP contribution in [0, 0.1) is 6.92 Å². The minimum Gasteiger partial charge on any atom is -0.460 e. The number of nitrogens with two attached hydrogens (primary N) is 1. The molecule has 0 fully saturated rings. The fourth-order valence-electron chi connectivity index (χ4n) is 2.68. The Balaban J connectivity index is 2.21. The van der Waals surface area contributed by atoms with E-state index in [1.807, 2.05) is 50.2 Å². The summed E-state index contributed by atoms with van der Waals surface area (Å²) < 4.78 is 5.80. The van der Waals surface area contributed by atoms with Gasteiger partial charge in [-0.25, -0.2) is 0 Å². The fraction of sp³-hybridized carbons (Fsp3) is 0.167. The molecule has 3 heteroatoms. The third kappa shape index (κ3) is 2.31. The number of para-hydroxylation sites is 1. The molecule has 2 aromatic carbocycles. The number of nitrogen functional groups attached to an aromatic ring is 1. The van der Waals surface area contributed by atoms with E-state index in [1.165, 1.54) is 0 Å². The van der Waals surface area contributed by atoms with Crippen LogP contribution in [0.5, 0.6) is 0 Å². The second-order valence-corrected chi connectivity index (χ2v) is 5.21. The second kappa shape index (κ2) is 5.09. The molecule has 1 heterocycles. The lowest BCUT2D eigenvalue weighted by Crippen LogP contribution is -2.04. The highest BCUT2D eigenvalue weighted by Crippen LogP contribution is 2.29. The quantitative estimate of drug-likeness (QED) is 0.579. The van der Waals surface area contributed by atoms with Gasteiger partial charge in [0.15, 0.2) is 5.78 Å². The lowest BCUT2D eigenvalue weighted by atomic mass is 9.98. The summed E-state index contributed by atoms with van der Waals surface area (Å²) in [5.74, 6) is 0.688. The van der Waals surface area contributed by atoms with Crippen LogP contribution in [-0.4, -0.2) is 5.78 Å². The average molecular weight is 279 g/mol. The van der Waals surface area contributed by atoms with Gasteiger partial charge in [0.1, 0.15) is 11.3 Å². The van der Waals surface area contributed by atoms with Gasteiger partial charge in [-0.05, 0) is 36.8 Å². The third-order valence-electron chi connectivity index (χ3n) is 3.58. The number of hydrogen-bond acceptors (Lipinski definition) is 3. The number of carbonyl (C=O) groups excluding carboxylic acids is 1. The molecule has 0 aliphatic carbocycles. The summed E-state index contributed by atoms with van der Waals surface area (Å²) in [6, 6.07) is 13.1. The summed E-state index contributed by atoms with van der Waals surface area (Å²) in [6.07, 6.45) is 0.678. The summed E-state index contributed by atoms with van der Waals surface area (Å²) in [6.45, 7) is 3.92. The minimum absolute atomic E-state index is 0.0350. The molecule has 0 atom stereocenters. The number of carbonyl (C=O) groups is 1. The number of rotatable bonds is 3. The lowest BCUT2D eigenvalue weighted by Gasteiger charge is -2.05. The largest absolute Gasteiger partial charge is 0.460 e. The monoisotopic (exact) mass is 279 g/mol. The predicted molar refractivity (Wildman–Crippen MR) is 84.6 cm³/mol. The molecule has 21 heavy (non-hydrogen) atoms. The first-order valence-electron chi connectivity index (χ1n) is 7.02. The highest BCUT2D eigenvalue weighted by atomic mass is 16.3. The van der Waals surface area contributed by atoms with Gasteiger partial charge in [-0.15, -0.1) is 0 Å². The van der Waals surface area contributed by atoms with Gasteiger partial charge in [-0.3, -0.25) is 4.79 Å². The Morgan fingerprint density at radius 2 is 1.95 bits per heavy atom. The zero-order valence-corrected chi connectivity index (χ0v) is 12.1. The zero-order valence-electron chi connectivity index (χ0n) is 12.1. The van der Waals surface area contributed by atoms with Gasteiger partial charge in [0.05, 0.1) is 5.56 Å². The standard InChI is InChI=1S/C18H17NO2/c1-3-15-17(14-6-4-5-7-16(14)21-15)18(20)12-8-11(2)9-13(19)10-12/h4-10H,3,19H2,1-2H3. The highest BCUT2D eigenvalue weighted by molar-refractivity contribution is 6.17. The van der Waals surface area contributed by atoms with Crippen LogP contribution in [0.3, 0.4) is 0 Å². The molecule has 0 radical (unpaired) electrons. The molecule has 3 aromatic rings. The Kier molecular flexibility index (Phi) is 3.26. The summed E-state index contributed by atoms with van der Waals surface area (Å²) in [5.41, 5.74) is 9.44. The van der Waals surface area contributed by atoms with Crippen LogP contribution in [0.4, 0.5) is 5.69 Å². The number of anilines is 1. The van der Waals surface area contributed by atoms with E-state index in [0.717, 1.165) is 22.3 Å². The predicted octanol–water partition coefficient (Wildman–Crippen LogP) is 4.12. The summed E-state index contributed by atoms with van der Waals surface area (Å²) in [4.78, 5) is 12.9. The van der Waals surface area contributed by atoms with Crippen molar-refractivity contribution in [3.63, 3.8) is 0 Å². The Labute approximate surface area is 123 Å². The number of furan rings is 1. The van der Waals surface area contributed by atoms with Crippen molar-refractivity contribution in [3.05, 3.63) is 64.9 Å². The van der Waals surface area contributed by atoms with Crippen molar-refractivity contribution < 1.29 is 9.21 Å². The molecular weight excluding hydrogens is 262 g/mol. The number of fused-ring (bicyclic) bond motifs is 1. The van der Waals surface area contributed by atoms with Crippen LogP contribution in [-0.2, 0) is 6.42 Å². The van der Waals surface area contributed by atoms with Crippen LogP contribution in [0.25, 0.3) is 11.0 Å². The first kappa shape index (κ1) is 13.4. The van der Waals surface area contributed by atoms with Crippen LogP contribution < -0.4 is 5.73 Å². The van der Waals surface area contributed by atoms with Crippen LogP contribution in [0.1, 0.15) is 34.2 Å². The maximum Gasteiger partial charge on any atom is 0.197 e. The topological polar surface area (TPSA) is 56.2 Å². The zero-order chi connectivity index (χ0) is 15.0. The molecule has 0 amide bonds. The molecule has 0 aliphatic rings. The van der Waals surface area contributed by atoms with Gasteiger partial charge in [0.2, 0.25) is 0 Å². The molecule has 0 saturated carbocycles. The maximum atomic E-state index is 12.9. The molecule has 1 aromatic heterocycles. The second-order valence-electron chi connectivity index (χ2n) is 5.21. The molecule has 106 valence electrons. The van der Waals surface area contributed by atoms with Gasteiger partial charge in [0.25, 0.3) is 0 Å². The number of ketones is 1. The van der Waals surface area contributed by atoms with E-state index in [1.54, 1.807) is 6.07 Å². The normalized spacial score (nSPS) is 11.0. The molecular formula is C18H17NO2. The van der Waals surface area contributed by atoms with E-state index in [4.69, 9.17) is 10.2 Å². The molecule has 0 saturated heterocycles. The molecule has 0 bridgehead atoms. The van der Waals surface area contributed by atoms with Crippen molar-refractivity contribution in [3.8, 4) is 0 Å². The van der Waals surface area contributed by atoms with Gasteiger partial charge in [0, 0.05) is 23.1 Å². The van der Waals surface area contributed by atoms with Crippen molar-refractivity contribution in [2.24, 2.45) is 0 Å². The van der Waals surface area contributed by atoms with E-state index < -0.39 is 0 Å². The molecule has 3 nitrogen and oxygen atoms in total. The van der Waals surface area contributed by atoms with E-state index in [2.05, 4.69) is 0 Å². The van der Waals surface area contributed by atoms with Crippen LogP contribution >= 0.6 is 0 Å². The Morgan fingerprint density at radius 3 is 2.67 bits per heavy atom. The third-order valence-corrected chi connectivity index (χ3v) is 3.58. The van der Waals surface area contributed by atoms with Crippen molar-refractivity contribution >= 4 is 22.4 Å². The first-order chi connectivity index (χ1) is 10.1. The van der Waals surface area contributed by atoms with E-state index in [0.29, 0.717) is 23.2 Å². The molecule has 0 spiro atoms. The maximum absolute atomic E-state index is 12.9. The fourth-order valence-corrected chi connectivity index (χ4v) is 2.68. The molecule has 0 unspecified atom stereocenters. The van der Waals surface area contributed by atoms with Gasteiger partial charge in [-0.1, -0.05) is 25.1 Å². The Bertz CT molecular complexity index is 810. The van der Waals surface area contributed by atoms with Gasteiger partial charge in [-0.2, -0.15) is 0 Å². The van der Waals surface area contributed by atoms with Gasteiger partial charge < -0.3 is 10.2 Å². The SMILES string of the molecule is CCc1oc2ccccc2c1C(=O)c1cc(C)cc(N)c1. The first-order valence-corrected chi connectivity index (χ1v) is 7.02. The lowest BCUT2D eigenvalue weighted by molar-refractivity contribution is 0.103. The molecule has 3 rings (SSSR count). The van der Waals surface area contributed by atoms with Crippen molar-refractivity contribution in [1.29, 1.82) is 0 Å². The number of aryl methyl sites for hydroxylation is 2. The van der Waals surface area contributed by atoms with Crippen LogP contribution in [0.15, 0.2) is 46.9 Å². The Morgan fingerprint density at radius 1 is 1.19 bits per heavy atom. The van der Waals surface area contributed by atoms with E-state index in [-0.39, 0.29) is 5.78 Å². The number of hydrogen-bond donors (Lipinski definition) is 1. The minimum atomic E-state index is -0.0350. The summed E-state index contributed by atoms with van der Waals surface area (Å²) in [7, 11) is 0. The van der Waals surface area contributed by atoms with E-state index >= 15 is 0 Å². The summed E-state index contributed by atoms with van der Waals surface area (Å²) >= 11 is 0.